The average molecular weight is 523 g/mol. The lowest BCUT2D eigenvalue weighted by atomic mass is 9.90. The molecule has 1 fully saturated rings. The number of ether oxygens (including phenoxy) is 2. The van der Waals surface area contributed by atoms with E-state index in [1.807, 2.05) is 42.6 Å². The molecule has 2 aromatic heterocycles. The Balaban J connectivity index is 1.47. The lowest BCUT2D eigenvalue weighted by Gasteiger charge is -2.37. The monoisotopic (exact) mass is 522 g/mol. The summed E-state index contributed by atoms with van der Waals surface area (Å²) in [5.41, 5.74) is 4.61. The van der Waals surface area contributed by atoms with Crippen LogP contribution in [0.15, 0.2) is 36.8 Å². The van der Waals surface area contributed by atoms with Crippen LogP contribution in [0.4, 0.5) is 10.3 Å². The van der Waals surface area contributed by atoms with Gasteiger partial charge in [-0.3, -0.25) is 14.7 Å². The first kappa shape index (κ1) is 26.1. The molecule has 0 radical (unpaired) electrons. The molecule has 3 aromatic rings. The van der Waals surface area contributed by atoms with E-state index in [1.54, 1.807) is 12.3 Å². The highest BCUT2D eigenvalue weighted by atomic mass is 19.1. The van der Waals surface area contributed by atoms with Crippen molar-refractivity contribution in [2.24, 2.45) is 0 Å². The van der Waals surface area contributed by atoms with Gasteiger partial charge in [0, 0.05) is 44.2 Å². The number of nitrogens with zero attached hydrogens (tertiary/aromatic N) is 5. The van der Waals surface area contributed by atoms with Crippen LogP contribution in [0, 0.1) is 5.82 Å². The Morgan fingerprint density at radius 3 is 2.82 bits per heavy atom. The predicted molar refractivity (Wildman–Crippen MR) is 142 cm³/mol. The fraction of sp³-hybridized carbons (Fsp3) is 0.464. The molecule has 0 bridgehead atoms. The number of hydrogen-bond donors (Lipinski definition) is 1. The summed E-state index contributed by atoms with van der Waals surface area (Å²) in [7, 11) is 3.95. The van der Waals surface area contributed by atoms with Gasteiger partial charge in [0.15, 0.2) is 11.6 Å². The number of carbonyl (C=O) groups excluding carboxylic acids is 1. The number of rotatable bonds is 10. The Kier molecular flexibility index (Phi) is 7.62. The first-order valence-electron chi connectivity index (χ1n) is 13.1. The molecular formula is C28H35FN6O3. The van der Waals surface area contributed by atoms with E-state index < -0.39 is 5.82 Å². The first-order valence-corrected chi connectivity index (χ1v) is 13.1. The van der Waals surface area contributed by atoms with E-state index in [2.05, 4.69) is 33.3 Å². The van der Waals surface area contributed by atoms with Crippen molar-refractivity contribution in [3.63, 3.8) is 0 Å². The van der Waals surface area contributed by atoms with Crippen molar-refractivity contribution >= 4 is 11.9 Å². The maximum absolute atomic E-state index is 14.1. The van der Waals surface area contributed by atoms with Gasteiger partial charge in [0.1, 0.15) is 0 Å². The van der Waals surface area contributed by atoms with Crippen molar-refractivity contribution in [3.8, 4) is 5.75 Å². The van der Waals surface area contributed by atoms with Crippen molar-refractivity contribution in [1.82, 2.24) is 24.3 Å². The van der Waals surface area contributed by atoms with Crippen LogP contribution in [-0.4, -0.2) is 76.7 Å². The summed E-state index contributed by atoms with van der Waals surface area (Å²) in [4.78, 5) is 26.7. The topological polar surface area (TPSA) is 84.8 Å². The van der Waals surface area contributed by atoms with Crippen LogP contribution in [0.5, 0.6) is 5.75 Å². The van der Waals surface area contributed by atoms with Crippen LogP contribution >= 0.6 is 0 Å². The third-order valence-electron chi connectivity index (χ3n) is 7.49. The zero-order valence-electron chi connectivity index (χ0n) is 22.4. The van der Waals surface area contributed by atoms with Gasteiger partial charge in [-0.05, 0) is 50.1 Å². The van der Waals surface area contributed by atoms with E-state index in [4.69, 9.17) is 9.47 Å². The van der Waals surface area contributed by atoms with E-state index in [0.29, 0.717) is 37.0 Å². The lowest BCUT2D eigenvalue weighted by molar-refractivity contribution is -0.0587. The number of hydrogen-bond acceptors (Lipinski definition) is 7. The van der Waals surface area contributed by atoms with E-state index in [-0.39, 0.29) is 17.7 Å². The van der Waals surface area contributed by atoms with Gasteiger partial charge in [0.2, 0.25) is 5.95 Å². The van der Waals surface area contributed by atoms with Crippen LogP contribution in [0.1, 0.15) is 52.6 Å². The molecule has 1 saturated heterocycles. The number of nitrogens with one attached hydrogen (secondary N) is 1. The summed E-state index contributed by atoms with van der Waals surface area (Å²) in [6, 6.07) is 5.88. The fourth-order valence-electron chi connectivity index (χ4n) is 5.20. The summed E-state index contributed by atoms with van der Waals surface area (Å²) in [6.45, 7) is 7.45. The normalized spacial score (nSPS) is 16.4. The maximum atomic E-state index is 14.1. The standard InChI is InChI=1S/C28H35FN6O3/c1-5-38-26-12-25(32-13-24(26)29)18(2)35-8-6-22-20(15-33(4)21-16-37-17-21)10-19(11-23(22)27(35)36)14-34-9-7-31-28(34)30-3/h7,9-13,18,21H,5-6,8,14-17H2,1-4H3,(H,30,31)/t18-/m0/s1. The molecule has 202 valence electrons. The Hall–Kier alpha value is -3.50. The highest BCUT2D eigenvalue weighted by Crippen LogP contribution is 2.32. The van der Waals surface area contributed by atoms with Gasteiger partial charge < -0.3 is 24.3 Å². The number of anilines is 1. The number of pyridine rings is 1. The third kappa shape index (κ3) is 5.10. The Labute approximate surface area is 222 Å². The molecule has 2 aliphatic heterocycles. The quantitative estimate of drug-likeness (QED) is 0.436. The molecule has 2 aliphatic rings. The predicted octanol–water partition coefficient (Wildman–Crippen LogP) is 3.50. The number of likely N-dealkylation sites (N-methyl/N-ethyl adjacent to an activating group) is 1. The van der Waals surface area contributed by atoms with Gasteiger partial charge in [0.05, 0.1) is 50.3 Å². The van der Waals surface area contributed by atoms with Crippen molar-refractivity contribution in [2.75, 3.05) is 45.8 Å². The van der Waals surface area contributed by atoms with Gasteiger partial charge in [-0.25, -0.2) is 9.37 Å². The number of fused-ring (bicyclic) bond motifs is 1. The zero-order chi connectivity index (χ0) is 26.8. The van der Waals surface area contributed by atoms with E-state index in [9.17, 15) is 9.18 Å². The van der Waals surface area contributed by atoms with Crippen molar-refractivity contribution in [3.05, 3.63) is 70.6 Å². The number of imidazole rings is 1. The Bertz CT molecular complexity index is 1310. The number of carbonyl (C=O) groups is 1. The minimum absolute atomic E-state index is 0.0416. The van der Waals surface area contributed by atoms with Crippen molar-refractivity contribution < 1.29 is 18.7 Å². The largest absolute Gasteiger partial charge is 0.491 e. The molecule has 1 aromatic carbocycles. The van der Waals surface area contributed by atoms with Gasteiger partial charge in [-0.1, -0.05) is 6.07 Å². The van der Waals surface area contributed by atoms with E-state index >= 15 is 0 Å². The smallest absolute Gasteiger partial charge is 0.254 e. The lowest BCUT2D eigenvalue weighted by Crippen LogP contribution is -2.47. The summed E-state index contributed by atoms with van der Waals surface area (Å²) in [6.07, 6.45) is 5.59. The molecule has 10 heteroatoms. The Morgan fingerprint density at radius 1 is 1.29 bits per heavy atom. The minimum atomic E-state index is -0.506. The molecule has 4 heterocycles. The second-order valence-corrected chi connectivity index (χ2v) is 9.91. The van der Waals surface area contributed by atoms with Crippen molar-refractivity contribution in [1.29, 1.82) is 0 Å². The average Bonchev–Trinajstić information content (AvgIpc) is 3.31. The summed E-state index contributed by atoms with van der Waals surface area (Å²) >= 11 is 0. The number of halogens is 1. The highest BCUT2D eigenvalue weighted by Gasteiger charge is 2.32. The minimum Gasteiger partial charge on any atom is -0.491 e. The molecule has 1 N–H and O–H groups in total. The van der Waals surface area contributed by atoms with Crippen molar-refractivity contribution in [2.45, 2.75) is 45.4 Å². The molecule has 0 aliphatic carbocycles. The van der Waals surface area contributed by atoms with Gasteiger partial charge in [-0.2, -0.15) is 0 Å². The molecule has 1 atom stereocenters. The summed E-state index contributed by atoms with van der Waals surface area (Å²) in [5.74, 6) is 0.374. The van der Waals surface area contributed by atoms with Gasteiger partial charge in [0.25, 0.3) is 5.91 Å². The van der Waals surface area contributed by atoms with Crippen LogP contribution in [0.2, 0.25) is 0 Å². The molecule has 9 nitrogen and oxygen atoms in total. The molecule has 1 amide bonds. The molecule has 0 saturated carbocycles. The second kappa shape index (κ2) is 11.1. The molecule has 0 unspecified atom stereocenters. The molecule has 5 rings (SSSR count). The van der Waals surface area contributed by atoms with Gasteiger partial charge in [-0.15, -0.1) is 0 Å². The van der Waals surface area contributed by atoms with Gasteiger partial charge >= 0.3 is 0 Å². The third-order valence-corrected chi connectivity index (χ3v) is 7.49. The van der Waals surface area contributed by atoms with Crippen LogP contribution in [-0.2, 0) is 24.2 Å². The number of amides is 1. The number of aromatic nitrogens is 3. The molecule has 0 spiro atoms. The Morgan fingerprint density at radius 2 is 2.11 bits per heavy atom. The number of benzene rings is 1. The first-order chi connectivity index (χ1) is 18.4. The SMILES string of the molecule is CCOc1cc([C@H](C)N2CCc3c(CN(C)C4COC4)cc(Cn4ccnc4NC)cc3C2=O)ncc1F. The molecule has 38 heavy (non-hydrogen) atoms. The zero-order valence-corrected chi connectivity index (χ0v) is 22.4. The van der Waals surface area contributed by atoms with E-state index in [1.165, 1.54) is 6.20 Å². The second-order valence-electron chi connectivity index (χ2n) is 9.91. The van der Waals surface area contributed by atoms with E-state index in [0.717, 1.165) is 48.8 Å². The fourth-order valence-corrected chi connectivity index (χ4v) is 5.20. The summed E-state index contributed by atoms with van der Waals surface area (Å²) in [5, 5.41) is 3.11. The van der Waals surface area contributed by atoms with Crippen LogP contribution in [0.25, 0.3) is 0 Å². The van der Waals surface area contributed by atoms with Crippen LogP contribution in [0.3, 0.4) is 0 Å². The van der Waals surface area contributed by atoms with Crippen LogP contribution < -0.4 is 10.1 Å². The maximum Gasteiger partial charge on any atom is 0.254 e. The molecular weight excluding hydrogens is 487 g/mol. The highest BCUT2D eigenvalue weighted by molar-refractivity contribution is 5.97. The summed E-state index contributed by atoms with van der Waals surface area (Å²) < 4.78 is 27.0.